The number of ether oxygens (including phenoxy) is 1. The van der Waals surface area contributed by atoms with Gasteiger partial charge in [0.25, 0.3) is 0 Å². The van der Waals surface area contributed by atoms with Crippen molar-refractivity contribution in [3.63, 3.8) is 0 Å². The molecule has 1 heterocycles. The third kappa shape index (κ3) is 3.96. The monoisotopic (exact) mass is 374 g/mol. The van der Waals surface area contributed by atoms with Crippen LogP contribution >= 0.6 is 10.9 Å². The Kier molecular flexibility index (Phi) is 5.08. The van der Waals surface area contributed by atoms with Crippen LogP contribution in [0.4, 0.5) is 0 Å². The molecule has 0 atom stereocenters. The second-order valence-corrected chi connectivity index (χ2v) is 8.09. The minimum absolute atomic E-state index is 0.190. The quantitative estimate of drug-likeness (QED) is 0.265. The normalized spacial score (nSPS) is 11.0. The average Bonchev–Trinajstić information content (AvgIpc) is 3.26. The second-order valence-electron chi connectivity index (χ2n) is 5.87. The van der Waals surface area contributed by atoms with E-state index in [2.05, 4.69) is 48.5 Å². The number of thiol groups is 1. The van der Waals surface area contributed by atoms with Gasteiger partial charge in [0, 0.05) is 0 Å². The Labute approximate surface area is 160 Å². The molecule has 0 bridgehead atoms. The van der Waals surface area contributed by atoms with Gasteiger partial charge in [0.2, 0.25) is 5.76 Å². The second kappa shape index (κ2) is 7.98. The summed E-state index contributed by atoms with van der Waals surface area (Å²) < 4.78 is 10.5. The van der Waals surface area contributed by atoms with E-state index in [4.69, 9.17) is 9.15 Å². The summed E-state index contributed by atoms with van der Waals surface area (Å²) in [6.07, 6.45) is 1.45. The molecule has 134 valence electrons. The lowest BCUT2D eigenvalue weighted by molar-refractivity contribution is 0.0701. The molecule has 3 nitrogen and oxygen atoms in total. The van der Waals surface area contributed by atoms with Crippen LogP contribution in [0, 0.1) is 0 Å². The summed E-state index contributed by atoms with van der Waals surface area (Å²) >= 11 is 0. The Hall–Kier alpha value is -3.24. The van der Waals surface area contributed by atoms with Crippen LogP contribution in [0.1, 0.15) is 10.6 Å². The molecule has 0 unspecified atom stereocenters. The van der Waals surface area contributed by atoms with Crippen LogP contribution in [0.3, 0.4) is 0 Å². The molecule has 0 fully saturated rings. The number of hydrogen-bond donors (Lipinski definition) is 1. The largest absolute Gasteiger partial charge is 0.457 e. The molecule has 0 saturated heterocycles. The topological polar surface area (TPSA) is 39.4 Å². The van der Waals surface area contributed by atoms with Crippen molar-refractivity contribution in [2.24, 2.45) is 0 Å². The van der Waals surface area contributed by atoms with Crippen LogP contribution in [-0.2, 0) is 0 Å². The van der Waals surface area contributed by atoms with E-state index in [0.717, 1.165) is 0 Å². The maximum atomic E-state index is 12.0. The first-order chi connectivity index (χ1) is 13.3. The summed E-state index contributed by atoms with van der Waals surface area (Å²) in [5.74, 6) is 0.187. The highest BCUT2D eigenvalue weighted by Crippen LogP contribution is 2.51. The Morgan fingerprint density at radius 3 is 1.74 bits per heavy atom. The molecule has 0 radical (unpaired) electrons. The van der Waals surface area contributed by atoms with Crippen molar-refractivity contribution in [2.45, 2.75) is 14.7 Å². The molecule has 3 aromatic carbocycles. The molecule has 0 aliphatic carbocycles. The van der Waals surface area contributed by atoms with Crippen molar-refractivity contribution < 1.29 is 13.9 Å². The predicted molar refractivity (Wildman–Crippen MR) is 107 cm³/mol. The van der Waals surface area contributed by atoms with Gasteiger partial charge in [-0.25, -0.2) is 4.79 Å². The van der Waals surface area contributed by atoms with Crippen molar-refractivity contribution in [3.8, 4) is 5.75 Å². The summed E-state index contributed by atoms with van der Waals surface area (Å²) in [7, 11) is -0.674. The number of hydrogen-bond acceptors (Lipinski definition) is 3. The van der Waals surface area contributed by atoms with Crippen LogP contribution in [0.5, 0.6) is 5.75 Å². The molecular weight excluding hydrogens is 356 g/mol. The van der Waals surface area contributed by atoms with Gasteiger partial charge in [-0.3, -0.25) is 0 Å². The van der Waals surface area contributed by atoms with Crippen LogP contribution in [0.15, 0.2) is 122 Å². The van der Waals surface area contributed by atoms with Crippen LogP contribution < -0.4 is 4.74 Å². The number of rotatable bonds is 5. The predicted octanol–water partition coefficient (Wildman–Crippen LogP) is 5.98. The number of benzene rings is 3. The zero-order chi connectivity index (χ0) is 18.5. The molecule has 0 spiro atoms. The molecule has 0 saturated carbocycles. The zero-order valence-electron chi connectivity index (χ0n) is 14.5. The van der Waals surface area contributed by atoms with Crippen molar-refractivity contribution in [2.75, 3.05) is 0 Å². The van der Waals surface area contributed by atoms with Gasteiger partial charge in [-0.05, 0) is 75.4 Å². The van der Waals surface area contributed by atoms with Gasteiger partial charge < -0.3 is 9.15 Å². The summed E-state index contributed by atoms with van der Waals surface area (Å²) in [5, 5.41) is 0. The fourth-order valence-corrected chi connectivity index (χ4v) is 5.10. The molecule has 27 heavy (non-hydrogen) atoms. The van der Waals surface area contributed by atoms with Gasteiger partial charge in [0.15, 0.2) is 0 Å². The lowest BCUT2D eigenvalue weighted by Gasteiger charge is -2.23. The average molecular weight is 374 g/mol. The van der Waals surface area contributed by atoms with Crippen molar-refractivity contribution in [1.82, 2.24) is 0 Å². The van der Waals surface area contributed by atoms with Crippen LogP contribution in [0.25, 0.3) is 0 Å². The minimum atomic E-state index is -0.674. The van der Waals surface area contributed by atoms with Gasteiger partial charge in [0.05, 0.1) is 6.26 Å². The number of carbonyl (C=O) groups excluding carboxylic acids is 1. The van der Waals surface area contributed by atoms with E-state index in [1.807, 2.05) is 36.4 Å². The van der Waals surface area contributed by atoms with Gasteiger partial charge >= 0.3 is 5.97 Å². The highest BCUT2D eigenvalue weighted by molar-refractivity contribution is 8.17. The molecule has 0 N–H and O–H groups in total. The summed E-state index contributed by atoms with van der Waals surface area (Å²) in [5.41, 5.74) is 0. The summed E-state index contributed by atoms with van der Waals surface area (Å²) in [6, 6.07) is 31.9. The van der Waals surface area contributed by atoms with Crippen molar-refractivity contribution in [3.05, 3.63) is 109 Å². The lowest BCUT2D eigenvalue weighted by atomic mass is 10.3. The van der Waals surface area contributed by atoms with Crippen LogP contribution in [-0.4, -0.2) is 5.97 Å². The van der Waals surface area contributed by atoms with E-state index in [0.29, 0.717) is 5.75 Å². The standard InChI is InChI=1S/C23H18O3S/c24-23(22-12-7-17-25-22)26-18-13-15-21(16-14-18)27(19-8-3-1-4-9-19)20-10-5-2-6-11-20/h1-17,27H. The molecule has 4 heteroatoms. The zero-order valence-corrected chi connectivity index (χ0v) is 15.4. The highest BCUT2D eigenvalue weighted by Gasteiger charge is 2.14. The number of esters is 1. The number of carbonyl (C=O) groups is 1. The molecule has 4 rings (SSSR count). The van der Waals surface area contributed by atoms with E-state index in [1.165, 1.54) is 20.9 Å². The molecule has 0 amide bonds. The third-order valence-electron chi connectivity index (χ3n) is 4.06. The fourth-order valence-electron chi connectivity index (χ4n) is 2.82. The number of furan rings is 1. The lowest BCUT2D eigenvalue weighted by Crippen LogP contribution is -2.06. The van der Waals surface area contributed by atoms with Crippen molar-refractivity contribution in [1.29, 1.82) is 0 Å². The van der Waals surface area contributed by atoms with E-state index in [-0.39, 0.29) is 5.76 Å². The molecule has 1 aromatic heterocycles. The Morgan fingerprint density at radius 2 is 1.22 bits per heavy atom. The van der Waals surface area contributed by atoms with Gasteiger partial charge in [0.1, 0.15) is 5.75 Å². The first-order valence-electron chi connectivity index (χ1n) is 8.57. The molecular formula is C23H18O3S. The van der Waals surface area contributed by atoms with Crippen LogP contribution in [0.2, 0.25) is 0 Å². The first-order valence-corrected chi connectivity index (χ1v) is 9.91. The maximum Gasteiger partial charge on any atom is 0.379 e. The summed E-state index contributed by atoms with van der Waals surface area (Å²) in [4.78, 5) is 15.8. The fraction of sp³-hybridized carbons (Fsp3) is 0. The third-order valence-corrected chi connectivity index (χ3v) is 6.50. The molecule has 0 aliphatic heterocycles. The Morgan fingerprint density at radius 1 is 0.667 bits per heavy atom. The maximum absolute atomic E-state index is 12.0. The molecule has 4 aromatic rings. The highest BCUT2D eigenvalue weighted by atomic mass is 32.2. The van der Waals surface area contributed by atoms with E-state index in [9.17, 15) is 4.79 Å². The van der Waals surface area contributed by atoms with Gasteiger partial charge in [-0.1, -0.05) is 36.4 Å². The summed E-state index contributed by atoms with van der Waals surface area (Å²) in [6.45, 7) is 0. The Balaban J connectivity index is 1.62. The SMILES string of the molecule is O=C(Oc1ccc([SH](c2ccccc2)c2ccccc2)cc1)c1ccco1. The van der Waals surface area contributed by atoms with Crippen molar-refractivity contribution >= 4 is 16.9 Å². The smallest absolute Gasteiger partial charge is 0.379 e. The minimum Gasteiger partial charge on any atom is -0.457 e. The Bertz CT molecular complexity index is 955. The molecule has 0 aliphatic rings. The van der Waals surface area contributed by atoms with E-state index in [1.54, 1.807) is 12.1 Å². The van der Waals surface area contributed by atoms with E-state index >= 15 is 0 Å². The van der Waals surface area contributed by atoms with E-state index < -0.39 is 16.9 Å². The first kappa shape index (κ1) is 17.2. The van der Waals surface area contributed by atoms with Gasteiger partial charge in [-0.2, -0.15) is 10.9 Å². The van der Waals surface area contributed by atoms with Gasteiger partial charge in [-0.15, -0.1) is 0 Å².